The van der Waals surface area contributed by atoms with E-state index in [2.05, 4.69) is 41.8 Å². The van der Waals surface area contributed by atoms with Crippen molar-refractivity contribution in [2.45, 2.75) is 32.2 Å². The molecule has 0 spiro atoms. The van der Waals surface area contributed by atoms with Crippen LogP contribution in [-0.2, 0) is 0 Å². The Morgan fingerprint density at radius 3 is 2.11 bits per heavy atom. The second-order valence-electron chi connectivity index (χ2n) is 6.47. The van der Waals surface area contributed by atoms with Crippen LogP contribution in [0.2, 0.25) is 0 Å². The van der Waals surface area contributed by atoms with E-state index in [9.17, 15) is 0 Å². The lowest BCUT2D eigenvalue weighted by Gasteiger charge is -2.37. The van der Waals surface area contributed by atoms with Crippen LogP contribution in [0.4, 0.5) is 5.69 Å². The molecule has 2 fully saturated rings. The van der Waals surface area contributed by atoms with E-state index in [1.807, 2.05) is 0 Å². The second kappa shape index (κ2) is 4.80. The Morgan fingerprint density at radius 1 is 1.00 bits per heavy atom. The van der Waals surface area contributed by atoms with Crippen molar-refractivity contribution in [3.8, 4) is 0 Å². The molecule has 1 aromatic carbocycles. The van der Waals surface area contributed by atoms with Crippen molar-refractivity contribution in [3.63, 3.8) is 0 Å². The maximum absolute atomic E-state index is 6.21. The summed E-state index contributed by atoms with van der Waals surface area (Å²) in [5, 5.41) is 0. The van der Waals surface area contributed by atoms with Crippen LogP contribution in [0.25, 0.3) is 0 Å². The molecular formula is C16H25N3. The van der Waals surface area contributed by atoms with E-state index in [-0.39, 0.29) is 5.54 Å². The van der Waals surface area contributed by atoms with Crippen molar-refractivity contribution in [2.24, 2.45) is 5.73 Å². The lowest BCUT2D eigenvalue weighted by Crippen LogP contribution is -2.50. The van der Waals surface area contributed by atoms with E-state index in [4.69, 9.17) is 5.73 Å². The first-order valence-electron chi connectivity index (χ1n) is 7.39. The molecule has 0 amide bonds. The number of hydrogen-bond acceptors (Lipinski definition) is 3. The quantitative estimate of drug-likeness (QED) is 0.900. The summed E-state index contributed by atoms with van der Waals surface area (Å²) in [5.41, 5.74) is 10.5. The Hall–Kier alpha value is -1.06. The van der Waals surface area contributed by atoms with Gasteiger partial charge in [-0.1, -0.05) is 6.07 Å². The molecule has 0 bridgehead atoms. The Labute approximate surface area is 116 Å². The van der Waals surface area contributed by atoms with Gasteiger partial charge in [-0.2, -0.15) is 0 Å². The average Bonchev–Trinajstić information content (AvgIpc) is 3.06. The molecule has 1 saturated heterocycles. The first-order valence-corrected chi connectivity index (χ1v) is 7.39. The molecule has 3 rings (SSSR count). The van der Waals surface area contributed by atoms with Gasteiger partial charge in [-0.15, -0.1) is 0 Å². The minimum absolute atomic E-state index is 0.155. The highest BCUT2D eigenvalue weighted by molar-refractivity contribution is 5.51. The van der Waals surface area contributed by atoms with Crippen LogP contribution in [0.5, 0.6) is 0 Å². The van der Waals surface area contributed by atoms with Crippen LogP contribution in [0.1, 0.15) is 24.0 Å². The van der Waals surface area contributed by atoms with Crippen LogP contribution in [0.3, 0.4) is 0 Å². The van der Waals surface area contributed by atoms with Crippen LogP contribution in [-0.4, -0.2) is 43.2 Å². The van der Waals surface area contributed by atoms with Gasteiger partial charge in [-0.25, -0.2) is 0 Å². The van der Waals surface area contributed by atoms with Crippen LogP contribution < -0.4 is 10.6 Å². The van der Waals surface area contributed by atoms with Gasteiger partial charge < -0.3 is 10.6 Å². The molecule has 1 aliphatic heterocycles. The minimum Gasteiger partial charge on any atom is -0.369 e. The normalized spacial score (nSPS) is 22.6. The standard InChI is InChI=1S/C16H25N3/c1-13-9-14(2)11-15(10-13)19-7-5-18(6-8-19)12-16(17)3-4-16/h9-11H,3-8,12,17H2,1-2H3. The number of nitrogens with two attached hydrogens (primary N) is 1. The van der Waals surface area contributed by atoms with E-state index in [1.165, 1.54) is 29.7 Å². The lowest BCUT2D eigenvalue weighted by molar-refractivity contribution is 0.236. The van der Waals surface area contributed by atoms with Gasteiger partial charge in [0.2, 0.25) is 0 Å². The first kappa shape index (κ1) is 12.9. The Kier molecular flexibility index (Phi) is 3.27. The maximum atomic E-state index is 6.21. The summed E-state index contributed by atoms with van der Waals surface area (Å²) in [6, 6.07) is 6.84. The van der Waals surface area contributed by atoms with E-state index in [0.717, 1.165) is 32.7 Å². The highest BCUT2D eigenvalue weighted by Gasteiger charge is 2.40. The number of rotatable bonds is 3. The molecule has 3 nitrogen and oxygen atoms in total. The Balaban J connectivity index is 1.60. The molecule has 0 atom stereocenters. The molecule has 0 unspecified atom stereocenters. The van der Waals surface area contributed by atoms with Gasteiger partial charge in [0.1, 0.15) is 0 Å². The number of nitrogens with zero attached hydrogens (tertiary/aromatic N) is 2. The van der Waals surface area contributed by atoms with E-state index in [1.54, 1.807) is 0 Å². The summed E-state index contributed by atoms with van der Waals surface area (Å²) in [6.45, 7) is 9.99. The summed E-state index contributed by atoms with van der Waals surface area (Å²) < 4.78 is 0. The fourth-order valence-corrected chi connectivity index (χ4v) is 3.06. The summed E-state index contributed by atoms with van der Waals surface area (Å²) in [5.74, 6) is 0. The largest absolute Gasteiger partial charge is 0.369 e. The minimum atomic E-state index is 0.155. The zero-order chi connectivity index (χ0) is 13.5. The second-order valence-corrected chi connectivity index (χ2v) is 6.47. The summed E-state index contributed by atoms with van der Waals surface area (Å²) in [6.07, 6.45) is 2.43. The fraction of sp³-hybridized carbons (Fsp3) is 0.625. The van der Waals surface area contributed by atoms with Gasteiger partial charge in [-0.05, 0) is 49.9 Å². The van der Waals surface area contributed by atoms with Crippen molar-refractivity contribution in [2.75, 3.05) is 37.6 Å². The third kappa shape index (κ3) is 3.10. The van der Waals surface area contributed by atoms with E-state index < -0.39 is 0 Å². The molecule has 1 aromatic rings. The SMILES string of the molecule is Cc1cc(C)cc(N2CCN(CC3(N)CC3)CC2)c1. The molecule has 104 valence electrons. The van der Waals surface area contributed by atoms with Gasteiger partial charge >= 0.3 is 0 Å². The summed E-state index contributed by atoms with van der Waals surface area (Å²) >= 11 is 0. The molecule has 1 heterocycles. The molecule has 19 heavy (non-hydrogen) atoms. The van der Waals surface area contributed by atoms with Crippen molar-refractivity contribution >= 4 is 5.69 Å². The zero-order valence-electron chi connectivity index (χ0n) is 12.2. The number of aryl methyl sites for hydroxylation is 2. The number of piperazine rings is 1. The zero-order valence-corrected chi connectivity index (χ0v) is 12.2. The predicted octanol–water partition coefficient (Wildman–Crippen LogP) is 1.92. The Bertz CT molecular complexity index is 437. The number of hydrogen-bond donors (Lipinski definition) is 1. The van der Waals surface area contributed by atoms with Gasteiger partial charge in [0.15, 0.2) is 0 Å². The molecule has 1 aliphatic carbocycles. The predicted molar refractivity (Wildman–Crippen MR) is 80.7 cm³/mol. The molecule has 1 saturated carbocycles. The molecule has 0 radical (unpaired) electrons. The molecule has 2 aliphatic rings. The van der Waals surface area contributed by atoms with Crippen LogP contribution in [0, 0.1) is 13.8 Å². The van der Waals surface area contributed by atoms with E-state index >= 15 is 0 Å². The first-order chi connectivity index (χ1) is 9.04. The van der Waals surface area contributed by atoms with Gasteiger partial charge in [0.05, 0.1) is 0 Å². The van der Waals surface area contributed by atoms with Crippen molar-refractivity contribution < 1.29 is 0 Å². The molecule has 0 aromatic heterocycles. The van der Waals surface area contributed by atoms with Crippen LogP contribution in [0.15, 0.2) is 18.2 Å². The smallest absolute Gasteiger partial charge is 0.0372 e. The highest BCUT2D eigenvalue weighted by atomic mass is 15.3. The summed E-state index contributed by atoms with van der Waals surface area (Å²) in [4.78, 5) is 5.04. The van der Waals surface area contributed by atoms with Crippen LogP contribution >= 0.6 is 0 Å². The maximum Gasteiger partial charge on any atom is 0.0372 e. The van der Waals surface area contributed by atoms with Gasteiger partial charge in [0, 0.05) is 44.0 Å². The van der Waals surface area contributed by atoms with Gasteiger partial charge in [0.25, 0.3) is 0 Å². The van der Waals surface area contributed by atoms with Crippen molar-refractivity contribution in [1.82, 2.24) is 4.90 Å². The Morgan fingerprint density at radius 2 is 1.58 bits per heavy atom. The molecule has 3 heteroatoms. The van der Waals surface area contributed by atoms with Crippen molar-refractivity contribution in [3.05, 3.63) is 29.3 Å². The fourth-order valence-electron chi connectivity index (χ4n) is 3.06. The third-order valence-corrected chi connectivity index (χ3v) is 4.37. The number of benzene rings is 1. The molecule has 2 N–H and O–H groups in total. The topological polar surface area (TPSA) is 32.5 Å². The monoisotopic (exact) mass is 259 g/mol. The number of anilines is 1. The van der Waals surface area contributed by atoms with E-state index in [0.29, 0.717) is 0 Å². The summed E-state index contributed by atoms with van der Waals surface area (Å²) in [7, 11) is 0. The van der Waals surface area contributed by atoms with Gasteiger partial charge in [-0.3, -0.25) is 4.90 Å². The lowest BCUT2D eigenvalue weighted by atomic mass is 10.1. The highest BCUT2D eigenvalue weighted by Crippen LogP contribution is 2.33. The molecular weight excluding hydrogens is 234 g/mol. The average molecular weight is 259 g/mol. The third-order valence-electron chi connectivity index (χ3n) is 4.37. The van der Waals surface area contributed by atoms with Crippen molar-refractivity contribution in [1.29, 1.82) is 0 Å².